The molecule has 0 atom stereocenters. The minimum absolute atomic E-state index is 0.251. The fraction of sp³-hybridized carbons (Fsp3) is 0.0233. The molecule has 0 aromatic heterocycles. The molecule has 0 unspecified atom stereocenters. The molecule has 0 aliphatic carbocycles. The first-order valence-corrected chi connectivity index (χ1v) is 23.3. The van der Waals surface area contributed by atoms with Gasteiger partial charge in [0.25, 0.3) is 0 Å². The number of benzene rings is 7. The summed E-state index contributed by atoms with van der Waals surface area (Å²) in [6, 6.07) is 53.0. The van der Waals surface area contributed by atoms with E-state index in [0.29, 0.717) is 22.1 Å². The number of hydrogen-bond donors (Lipinski definition) is 0. The predicted molar refractivity (Wildman–Crippen MR) is 218 cm³/mol. The third-order valence-electron chi connectivity index (χ3n) is 10.0. The Kier molecular flexibility index (Phi) is 7.46. The molecule has 1 spiro atoms. The van der Waals surface area contributed by atoms with Gasteiger partial charge in [-0.1, -0.05) is 0 Å². The third-order valence-corrected chi connectivity index (χ3v) is 20.9. The fourth-order valence-corrected chi connectivity index (χ4v) is 19.7. The topological polar surface area (TPSA) is 28.2 Å². The second-order valence-electron chi connectivity index (χ2n) is 12.9. The Balaban J connectivity index is 1.42. The van der Waals surface area contributed by atoms with Crippen LogP contribution in [0.25, 0.3) is 0 Å². The monoisotopic (exact) mass is 845 g/mol. The van der Waals surface area contributed by atoms with Crippen LogP contribution in [-0.2, 0) is 0 Å². The van der Waals surface area contributed by atoms with Crippen LogP contribution in [0.15, 0.2) is 152 Å². The van der Waals surface area contributed by atoms with Gasteiger partial charge in [0.1, 0.15) is 0 Å². The standard InChI is InChI=1S/C36H25N3.C7H5Cl3O2.Sb.H/c1-4-13-28(14-5-1)37-31-19-10-21-33(25-31)38(29-15-6-2-7-16-29)35-23-12-24-36(27-35)39(30-17-8-3-9-18-30)34-22-11-20-32(37)26-34;1-2-3(8)4(9)5(10)7(12)6(2)11;;/h1-25H;11-12H,1H3;;/q;;+2;/p-2. The quantitative estimate of drug-likeness (QED) is 0.130. The Bertz CT molecular complexity index is 2400. The van der Waals surface area contributed by atoms with Crippen molar-refractivity contribution in [3.8, 4) is 11.5 Å². The summed E-state index contributed by atoms with van der Waals surface area (Å²) in [5, 5.41) is 0.860. The van der Waals surface area contributed by atoms with Crippen LogP contribution in [0.5, 0.6) is 11.5 Å². The number of nitrogens with zero attached hydrogens (tertiary/aromatic N) is 3. The number of halogens is 3. The van der Waals surface area contributed by atoms with Crippen LogP contribution in [-0.4, -0.2) is 19.6 Å². The van der Waals surface area contributed by atoms with Crippen LogP contribution in [0.2, 0.25) is 15.1 Å². The summed E-state index contributed by atoms with van der Waals surface area (Å²) in [5.74, 6) is 0.977. The van der Waals surface area contributed by atoms with Gasteiger partial charge >= 0.3 is 324 Å². The minimum atomic E-state index is -5.05. The van der Waals surface area contributed by atoms with Gasteiger partial charge in [-0.25, -0.2) is 0 Å². The number of fused-ring (bicyclic) bond motifs is 3. The zero-order chi connectivity index (χ0) is 35.1. The third kappa shape index (κ3) is 4.56. The molecule has 3 aliphatic rings. The van der Waals surface area contributed by atoms with Gasteiger partial charge in [-0.2, -0.15) is 0 Å². The van der Waals surface area contributed by atoms with Crippen LogP contribution in [0, 0.1) is 6.92 Å². The van der Waals surface area contributed by atoms with Gasteiger partial charge in [-0.3, -0.25) is 0 Å². The van der Waals surface area contributed by atoms with E-state index >= 15 is 0 Å². The molecule has 3 aliphatic heterocycles. The normalized spacial score (nSPS) is 15.1. The van der Waals surface area contributed by atoms with Crippen LogP contribution in [0.3, 0.4) is 0 Å². The average molecular weight is 848 g/mol. The molecular formula is C43H29Cl3N3O2Sb. The fourth-order valence-electron chi connectivity index (χ4n) is 7.82. The van der Waals surface area contributed by atoms with E-state index in [1.807, 2.05) is 25.1 Å². The maximum absolute atomic E-state index is 7.59. The molecule has 7 aromatic carbocycles. The summed E-state index contributed by atoms with van der Waals surface area (Å²) in [7, 11) is 0. The number of rotatable bonds is 3. The van der Waals surface area contributed by atoms with Crippen LogP contribution in [0.1, 0.15) is 5.56 Å². The first-order valence-electron chi connectivity index (χ1n) is 16.9. The number of hydrogen-bond acceptors (Lipinski definition) is 5. The van der Waals surface area contributed by atoms with E-state index < -0.39 is 19.6 Å². The van der Waals surface area contributed by atoms with E-state index in [0.717, 1.165) is 58.2 Å². The molecule has 7 aromatic rings. The number of anilines is 9. The van der Waals surface area contributed by atoms with Crippen molar-refractivity contribution >= 4 is 113 Å². The van der Waals surface area contributed by atoms with Crippen molar-refractivity contribution in [2.24, 2.45) is 0 Å². The van der Waals surface area contributed by atoms with E-state index in [2.05, 4.69) is 148 Å². The predicted octanol–water partition coefficient (Wildman–Crippen LogP) is 11.8. The zero-order valence-electron chi connectivity index (χ0n) is 27.7. The van der Waals surface area contributed by atoms with Crippen molar-refractivity contribution in [2.75, 3.05) is 14.7 Å². The summed E-state index contributed by atoms with van der Waals surface area (Å²) >= 11 is 15.6. The summed E-state index contributed by atoms with van der Waals surface area (Å²) in [6.07, 6.45) is 0. The van der Waals surface area contributed by atoms with Gasteiger partial charge in [0.2, 0.25) is 0 Å². The van der Waals surface area contributed by atoms with Gasteiger partial charge in [0.05, 0.1) is 0 Å². The first kappa shape index (κ1) is 31.9. The Morgan fingerprint density at radius 3 is 1.27 bits per heavy atom. The van der Waals surface area contributed by atoms with Gasteiger partial charge in [-0.05, 0) is 0 Å². The average Bonchev–Trinajstić information content (AvgIpc) is 3.59. The molecule has 0 saturated heterocycles. The van der Waals surface area contributed by atoms with Gasteiger partial charge < -0.3 is 0 Å². The van der Waals surface area contributed by atoms with Gasteiger partial charge in [0.15, 0.2) is 0 Å². The van der Waals surface area contributed by atoms with Gasteiger partial charge in [-0.15, -0.1) is 0 Å². The maximum atomic E-state index is 7.59. The summed E-state index contributed by atoms with van der Waals surface area (Å²) in [5.41, 5.74) is 9.58. The van der Waals surface area contributed by atoms with Crippen molar-refractivity contribution in [3.05, 3.63) is 172 Å². The molecule has 0 saturated carbocycles. The summed E-state index contributed by atoms with van der Waals surface area (Å²) in [4.78, 5) is 6.97. The molecule has 5 nitrogen and oxygen atoms in total. The van der Waals surface area contributed by atoms with Crippen molar-refractivity contribution in [1.29, 1.82) is 0 Å². The molecule has 0 N–H and O–H groups in total. The SMILES string of the molecule is Cc1c(Cl)c(Cl)c(Cl)c2c1[O][SbH]1([O]2)[c]2c3cccc2N(c2ccccc2)c2cccc([c]21)N(c1ccccc1)c1cccc(c1)N3c1ccccc1. The molecule has 10 rings (SSSR count). The van der Waals surface area contributed by atoms with Crippen molar-refractivity contribution in [2.45, 2.75) is 6.92 Å². The van der Waals surface area contributed by atoms with E-state index in [9.17, 15) is 0 Å². The Morgan fingerprint density at radius 2 is 0.788 bits per heavy atom. The van der Waals surface area contributed by atoms with Crippen molar-refractivity contribution in [1.82, 2.24) is 0 Å². The van der Waals surface area contributed by atoms with Crippen molar-refractivity contribution in [3.63, 3.8) is 0 Å². The summed E-state index contributed by atoms with van der Waals surface area (Å²) < 4.78 is 17.1. The molecule has 0 amide bonds. The number of para-hydroxylation sites is 3. The first-order chi connectivity index (χ1) is 25.5. The molecule has 3 heterocycles. The van der Waals surface area contributed by atoms with E-state index in [1.54, 1.807) is 0 Å². The van der Waals surface area contributed by atoms with E-state index in [1.165, 1.54) is 0 Å². The molecule has 52 heavy (non-hydrogen) atoms. The van der Waals surface area contributed by atoms with Crippen LogP contribution >= 0.6 is 34.8 Å². The molecule has 0 fully saturated rings. The Labute approximate surface area is 321 Å². The molecular weight excluding hydrogens is 819 g/mol. The van der Waals surface area contributed by atoms with Crippen LogP contribution < -0.4 is 27.8 Å². The Morgan fingerprint density at radius 1 is 0.404 bits per heavy atom. The zero-order valence-corrected chi connectivity index (χ0v) is 32.8. The second-order valence-corrected chi connectivity index (χ2v) is 21.6. The van der Waals surface area contributed by atoms with E-state index in [4.69, 9.17) is 40.8 Å². The molecule has 4 bridgehead atoms. The molecule has 9 heteroatoms. The van der Waals surface area contributed by atoms with Crippen LogP contribution in [0.4, 0.5) is 51.2 Å². The Hall–Kier alpha value is -4.77. The molecule has 254 valence electrons. The van der Waals surface area contributed by atoms with E-state index in [-0.39, 0.29) is 10.0 Å². The second kappa shape index (κ2) is 12.1. The van der Waals surface area contributed by atoms with Gasteiger partial charge in [0, 0.05) is 0 Å². The van der Waals surface area contributed by atoms with Crippen molar-refractivity contribution < 1.29 is 6.03 Å². The summed E-state index contributed by atoms with van der Waals surface area (Å²) in [6.45, 7) is 1.91. The molecule has 0 radical (unpaired) electrons.